The number of hydrogen-bond donors (Lipinski definition) is 3. The Morgan fingerprint density at radius 1 is 1.15 bits per heavy atom. The Morgan fingerprint density at radius 3 is 2.40 bits per heavy atom. The Bertz CT molecular complexity index is 350. The lowest BCUT2D eigenvalue weighted by molar-refractivity contribution is -0.139. The van der Waals surface area contributed by atoms with Gasteiger partial charge in [-0.05, 0) is 58.2 Å². The summed E-state index contributed by atoms with van der Waals surface area (Å²) in [6.07, 6.45) is 6.05. The number of urea groups is 1. The molecule has 0 bridgehead atoms. The molecular weight excluding hydrogens is 258 g/mol. The van der Waals surface area contributed by atoms with E-state index in [4.69, 9.17) is 5.11 Å². The third-order valence-corrected chi connectivity index (χ3v) is 4.31. The highest BCUT2D eigenvalue weighted by Crippen LogP contribution is 2.34. The zero-order valence-corrected chi connectivity index (χ0v) is 12.0. The van der Waals surface area contributed by atoms with Gasteiger partial charge in [-0.15, -0.1) is 0 Å². The monoisotopic (exact) mass is 283 g/mol. The first-order valence-electron chi connectivity index (χ1n) is 7.60. The first kappa shape index (κ1) is 15.1. The van der Waals surface area contributed by atoms with Gasteiger partial charge in [0.25, 0.3) is 0 Å². The number of nitrogens with zero attached hydrogens (tertiary/aromatic N) is 1. The third-order valence-electron chi connectivity index (χ3n) is 4.31. The summed E-state index contributed by atoms with van der Waals surface area (Å²) in [5.74, 6) is -0.848. The van der Waals surface area contributed by atoms with Crippen LogP contribution in [0.2, 0.25) is 0 Å². The highest BCUT2D eigenvalue weighted by atomic mass is 16.4. The molecule has 1 saturated heterocycles. The Balaban J connectivity index is 1.60. The van der Waals surface area contributed by atoms with Gasteiger partial charge >= 0.3 is 12.0 Å². The lowest BCUT2D eigenvalue weighted by Crippen LogP contribution is -2.57. The maximum Gasteiger partial charge on any atom is 0.315 e. The molecule has 0 spiro atoms. The molecule has 0 unspecified atom stereocenters. The lowest BCUT2D eigenvalue weighted by atomic mass is 9.74. The van der Waals surface area contributed by atoms with Crippen LogP contribution in [0, 0.1) is 0 Å². The van der Waals surface area contributed by atoms with Crippen LogP contribution in [-0.2, 0) is 4.79 Å². The maximum atomic E-state index is 11.8. The van der Waals surface area contributed by atoms with Gasteiger partial charge in [0.05, 0.1) is 12.0 Å². The third kappa shape index (κ3) is 4.37. The molecule has 1 aliphatic heterocycles. The van der Waals surface area contributed by atoms with E-state index in [0.29, 0.717) is 6.54 Å². The maximum absolute atomic E-state index is 11.8. The van der Waals surface area contributed by atoms with E-state index in [1.54, 1.807) is 0 Å². The summed E-state index contributed by atoms with van der Waals surface area (Å²) in [7, 11) is 0. The van der Waals surface area contributed by atoms with Crippen molar-refractivity contribution in [2.75, 3.05) is 26.2 Å². The molecule has 2 aliphatic rings. The van der Waals surface area contributed by atoms with Crippen LogP contribution in [0.25, 0.3) is 0 Å². The van der Waals surface area contributed by atoms with Gasteiger partial charge in [-0.3, -0.25) is 4.79 Å². The van der Waals surface area contributed by atoms with Crippen molar-refractivity contribution >= 4 is 12.0 Å². The number of hydrogen-bond acceptors (Lipinski definition) is 3. The molecule has 2 rings (SSSR count). The van der Waals surface area contributed by atoms with Gasteiger partial charge < -0.3 is 20.6 Å². The molecule has 2 fully saturated rings. The number of nitrogens with one attached hydrogen (secondary N) is 2. The smallest absolute Gasteiger partial charge is 0.315 e. The van der Waals surface area contributed by atoms with Crippen molar-refractivity contribution in [1.82, 2.24) is 15.5 Å². The van der Waals surface area contributed by atoms with E-state index in [2.05, 4.69) is 15.5 Å². The van der Waals surface area contributed by atoms with Crippen molar-refractivity contribution in [1.29, 1.82) is 0 Å². The van der Waals surface area contributed by atoms with Crippen molar-refractivity contribution in [3.63, 3.8) is 0 Å². The van der Waals surface area contributed by atoms with Crippen LogP contribution < -0.4 is 10.6 Å². The molecule has 0 atom stereocenters. The summed E-state index contributed by atoms with van der Waals surface area (Å²) in [6, 6.07) is -0.229. The minimum absolute atomic E-state index is 0.0220. The molecule has 3 N–H and O–H groups in total. The van der Waals surface area contributed by atoms with E-state index in [-0.39, 0.29) is 12.5 Å². The average molecular weight is 283 g/mol. The molecule has 0 aromatic heterocycles. The van der Waals surface area contributed by atoms with Gasteiger partial charge in [-0.1, -0.05) is 0 Å². The minimum Gasteiger partial charge on any atom is -0.481 e. The van der Waals surface area contributed by atoms with Crippen molar-refractivity contribution in [3.05, 3.63) is 0 Å². The molecule has 1 heterocycles. The fourth-order valence-corrected chi connectivity index (χ4v) is 3.03. The van der Waals surface area contributed by atoms with Crippen LogP contribution in [0.5, 0.6) is 0 Å². The highest BCUT2D eigenvalue weighted by molar-refractivity contribution is 5.77. The van der Waals surface area contributed by atoms with Crippen molar-refractivity contribution in [2.24, 2.45) is 0 Å². The Labute approximate surface area is 119 Å². The zero-order chi connectivity index (χ0) is 14.4. The summed E-state index contributed by atoms with van der Waals surface area (Å²) in [4.78, 5) is 25.0. The van der Waals surface area contributed by atoms with Crippen LogP contribution in [-0.4, -0.2) is 53.7 Å². The topological polar surface area (TPSA) is 81.7 Å². The molecule has 6 heteroatoms. The van der Waals surface area contributed by atoms with Crippen LogP contribution >= 0.6 is 0 Å². The number of carboxylic acids is 1. The van der Waals surface area contributed by atoms with E-state index in [9.17, 15) is 9.59 Å². The fraction of sp³-hybridized carbons (Fsp3) is 0.857. The fourth-order valence-electron chi connectivity index (χ4n) is 3.03. The Kier molecular flexibility index (Phi) is 5.23. The van der Waals surface area contributed by atoms with Gasteiger partial charge in [-0.25, -0.2) is 4.79 Å². The highest BCUT2D eigenvalue weighted by Gasteiger charge is 2.40. The lowest BCUT2D eigenvalue weighted by Gasteiger charge is -2.41. The molecule has 0 aromatic rings. The predicted octanol–water partition coefficient (Wildman–Crippen LogP) is 1.17. The molecule has 0 radical (unpaired) electrons. The second-order valence-corrected chi connectivity index (χ2v) is 5.99. The predicted molar refractivity (Wildman–Crippen MR) is 75.7 cm³/mol. The van der Waals surface area contributed by atoms with E-state index >= 15 is 0 Å². The molecule has 1 saturated carbocycles. The number of carboxylic acid groups (broad SMARTS) is 1. The largest absolute Gasteiger partial charge is 0.481 e. The first-order chi connectivity index (χ1) is 9.60. The van der Waals surface area contributed by atoms with Gasteiger partial charge in [-0.2, -0.15) is 0 Å². The molecule has 0 aromatic carbocycles. The second kappa shape index (κ2) is 6.92. The summed E-state index contributed by atoms with van der Waals surface area (Å²) in [6.45, 7) is 4.02. The molecular formula is C14H25N3O3. The summed E-state index contributed by atoms with van der Waals surface area (Å²) in [5, 5.41) is 14.6. The van der Waals surface area contributed by atoms with E-state index in [1.807, 2.05) is 0 Å². The van der Waals surface area contributed by atoms with Gasteiger partial charge in [0.1, 0.15) is 0 Å². The van der Waals surface area contributed by atoms with E-state index < -0.39 is 11.5 Å². The number of carbonyl (C=O) groups is 2. The summed E-state index contributed by atoms with van der Waals surface area (Å²) in [5.41, 5.74) is -0.509. The average Bonchev–Trinajstić information content (AvgIpc) is 2.84. The van der Waals surface area contributed by atoms with Crippen LogP contribution in [0.15, 0.2) is 0 Å². The number of likely N-dealkylation sites (tertiary alicyclic amines) is 1. The van der Waals surface area contributed by atoms with Crippen LogP contribution in [0.3, 0.4) is 0 Å². The molecule has 6 nitrogen and oxygen atoms in total. The Morgan fingerprint density at radius 2 is 1.85 bits per heavy atom. The summed E-state index contributed by atoms with van der Waals surface area (Å²) < 4.78 is 0. The number of rotatable bonds is 7. The SMILES string of the molecule is O=C(O)CC1(NC(=O)NCCCN2CCCC2)CCC1. The van der Waals surface area contributed by atoms with E-state index in [0.717, 1.165) is 32.2 Å². The van der Waals surface area contributed by atoms with Crippen molar-refractivity contribution in [3.8, 4) is 0 Å². The van der Waals surface area contributed by atoms with Crippen molar-refractivity contribution < 1.29 is 14.7 Å². The van der Waals surface area contributed by atoms with Crippen LogP contribution in [0.1, 0.15) is 44.9 Å². The summed E-state index contributed by atoms with van der Waals surface area (Å²) >= 11 is 0. The number of amides is 2. The molecule has 2 amide bonds. The van der Waals surface area contributed by atoms with Gasteiger partial charge in [0.2, 0.25) is 0 Å². The second-order valence-electron chi connectivity index (χ2n) is 5.99. The first-order valence-corrected chi connectivity index (χ1v) is 7.60. The normalized spacial score (nSPS) is 21.2. The van der Waals surface area contributed by atoms with Gasteiger partial charge in [0.15, 0.2) is 0 Å². The van der Waals surface area contributed by atoms with E-state index in [1.165, 1.54) is 25.9 Å². The number of aliphatic carboxylic acids is 1. The number of carbonyl (C=O) groups excluding carboxylic acids is 1. The zero-order valence-electron chi connectivity index (χ0n) is 12.0. The molecule has 20 heavy (non-hydrogen) atoms. The molecule has 1 aliphatic carbocycles. The van der Waals surface area contributed by atoms with Crippen LogP contribution in [0.4, 0.5) is 4.79 Å². The Hall–Kier alpha value is -1.30. The minimum atomic E-state index is -0.848. The van der Waals surface area contributed by atoms with Gasteiger partial charge in [0, 0.05) is 6.54 Å². The quantitative estimate of drug-likeness (QED) is 0.613. The standard InChI is InChI=1S/C14H25N3O3/c18-12(19)11-14(5-3-6-14)16-13(20)15-7-4-10-17-8-1-2-9-17/h1-11H2,(H,18,19)(H2,15,16,20). The molecule has 114 valence electrons. The van der Waals surface area contributed by atoms with Crippen molar-refractivity contribution in [2.45, 2.75) is 50.5 Å².